The quantitative estimate of drug-likeness (QED) is 0.687. The Morgan fingerprint density at radius 1 is 1.08 bits per heavy atom. The Bertz CT molecular complexity index is 891. The number of carbonyl (C=O) groups is 1. The van der Waals surface area contributed by atoms with Crippen LogP contribution in [-0.2, 0) is 0 Å². The second-order valence-corrected chi connectivity index (χ2v) is 7.27. The first-order valence-corrected chi connectivity index (χ1v) is 8.86. The molecule has 0 spiro atoms. The van der Waals surface area contributed by atoms with Crippen LogP contribution >= 0.6 is 0 Å². The number of hydrogen-bond acceptors (Lipinski definition) is 3. The summed E-state index contributed by atoms with van der Waals surface area (Å²) in [5.74, 6) is 1.91. The summed E-state index contributed by atoms with van der Waals surface area (Å²) in [4.78, 5) is 15.0. The molecule has 0 radical (unpaired) electrons. The lowest BCUT2D eigenvalue weighted by atomic mass is 9.91. The molecule has 0 aliphatic carbocycles. The molecule has 3 aromatic rings. The van der Waals surface area contributed by atoms with E-state index in [4.69, 9.17) is 4.52 Å². The molecule has 0 saturated carbocycles. The normalized spacial score (nSPS) is 20.8. The van der Waals surface area contributed by atoms with Crippen LogP contribution in [0.3, 0.4) is 0 Å². The van der Waals surface area contributed by atoms with Crippen molar-refractivity contribution in [2.24, 2.45) is 11.8 Å². The number of hydrogen-bond donors (Lipinski definition) is 0. The van der Waals surface area contributed by atoms with Gasteiger partial charge in [0.15, 0.2) is 5.76 Å². The maximum atomic E-state index is 13.0. The van der Waals surface area contributed by atoms with E-state index in [0.717, 1.165) is 29.6 Å². The average Bonchev–Trinajstić information content (AvgIpc) is 3.04. The van der Waals surface area contributed by atoms with E-state index in [0.29, 0.717) is 23.2 Å². The van der Waals surface area contributed by atoms with Crippen molar-refractivity contribution in [2.75, 3.05) is 13.1 Å². The predicted molar refractivity (Wildman–Crippen MR) is 98.3 cm³/mol. The Kier molecular flexibility index (Phi) is 4.04. The summed E-state index contributed by atoms with van der Waals surface area (Å²) in [5, 5.41) is 5.02. The first-order chi connectivity index (χ1) is 12.1. The first kappa shape index (κ1) is 15.9. The second kappa shape index (κ2) is 6.36. The Morgan fingerprint density at radius 2 is 1.80 bits per heavy atom. The lowest BCUT2D eigenvalue weighted by Gasteiger charge is -2.35. The average molecular weight is 334 g/mol. The van der Waals surface area contributed by atoms with Gasteiger partial charge in [-0.1, -0.05) is 49.3 Å². The monoisotopic (exact) mass is 334 g/mol. The molecular formula is C21H22N2O2. The van der Waals surface area contributed by atoms with Gasteiger partial charge in [-0.25, -0.2) is 0 Å². The Hall–Kier alpha value is -2.62. The highest BCUT2D eigenvalue weighted by atomic mass is 16.5. The third-order valence-electron chi connectivity index (χ3n) is 4.92. The van der Waals surface area contributed by atoms with Gasteiger partial charge in [-0.15, -0.1) is 0 Å². The van der Waals surface area contributed by atoms with Crippen molar-refractivity contribution in [1.29, 1.82) is 0 Å². The molecule has 1 saturated heterocycles. The molecule has 1 amide bonds. The number of rotatable bonds is 2. The minimum Gasteiger partial charge on any atom is -0.355 e. The highest BCUT2D eigenvalue weighted by molar-refractivity contribution is 6.01. The Labute approximate surface area is 147 Å². The van der Waals surface area contributed by atoms with Crippen LogP contribution in [0.4, 0.5) is 0 Å². The molecule has 1 aliphatic rings. The highest BCUT2D eigenvalue weighted by Crippen LogP contribution is 2.30. The molecule has 2 atom stereocenters. The van der Waals surface area contributed by atoms with Gasteiger partial charge < -0.3 is 9.42 Å². The van der Waals surface area contributed by atoms with Crippen molar-refractivity contribution >= 4 is 16.8 Å². The van der Waals surface area contributed by atoms with Crippen LogP contribution in [0.1, 0.15) is 30.6 Å². The molecule has 4 rings (SSSR count). The van der Waals surface area contributed by atoms with E-state index in [1.807, 2.05) is 53.4 Å². The second-order valence-electron chi connectivity index (χ2n) is 7.27. The van der Waals surface area contributed by atoms with Gasteiger partial charge in [0.25, 0.3) is 5.91 Å². The fourth-order valence-corrected chi connectivity index (χ4v) is 3.88. The zero-order valence-corrected chi connectivity index (χ0v) is 14.6. The molecule has 4 nitrogen and oxygen atoms in total. The summed E-state index contributed by atoms with van der Waals surface area (Å²) >= 11 is 0. The van der Waals surface area contributed by atoms with Crippen molar-refractivity contribution in [1.82, 2.24) is 10.1 Å². The van der Waals surface area contributed by atoms with Gasteiger partial charge in [-0.2, -0.15) is 0 Å². The van der Waals surface area contributed by atoms with Crippen LogP contribution in [-0.4, -0.2) is 29.1 Å². The highest BCUT2D eigenvalue weighted by Gasteiger charge is 2.26. The number of amides is 1. The van der Waals surface area contributed by atoms with Crippen LogP contribution in [0.5, 0.6) is 0 Å². The van der Waals surface area contributed by atoms with Crippen LogP contribution in [0.2, 0.25) is 0 Å². The van der Waals surface area contributed by atoms with Crippen molar-refractivity contribution < 1.29 is 9.32 Å². The van der Waals surface area contributed by atoms with Crippen molar-refractivity contribution in [3.8, 4) is 11.3 Å². The summed E-state index contributed by atoms with van der Waals surface area (Å²) < 4.78 is 5.54. The maximum Gasteiger partial charge on any atom is 0.253 e. The first-order valence-electron chi connectivity index (χ1n) is 8.86. The summed E-state index contributed by atoms with van der Waals surface area (Å²) in [6.07, 6.45) is 1.19. The van der Waals surface area contributed by atoms with Gasteiger partial charge >= 0.3 is 0 Å². The van der Waals surface area contributed by atoms with E-state index in [2.05, 4.69) is 19.0 Å². The van der Waals surface area contributed by atoms with E-state index < -0.39 is 0 Å². The SMILES string of the molecule is CC1CC(C)CN(C(=O)c2ccc3noc(-c4ccccc4)c3c2)C1. The van der Waals surface area contributed by atoms with Gasteiger partial charge in [0.05, 0.1) is 5.39 Å². The molecule has 2 heterocycles. The van der Waals surface area contributed by atoms with Gasteiger partial charge in [-0.3, -0.25) is 4.79 Å². The number of nitrogens with zero attached hydrogens (tertiary/aromatic N) is 2. The molecule has 2 unspecified atom stereocenters. The van der Waals surface area contributed by atoms with Crippen LogP contribution in [0.15, 0.2) is 53.1 Å². The molecular weight excluding hydrogens is 312 g/mol. The minimum absolute atomic E-state index is 0.0977. The number of aromatic nitrogens is 1. The molecule has 4 heteroatoms. The smallest absolute Gasteiger partial charge is 0.253 e. The lowest BCUT2D eigenvalue weighted by molar-refractivity contribution is 0.0623. The molecule has 2 aromatic carbocycles. The standard InChI is InChI=1S/C21H22N2O2/c1-14-10-15(2)13-23(12-14)21(24)17-8-9-19-18(11-17)20(25-22-19)16-6-4-3-5-7-16/h3-9,11,14-15H,10,12-13H2,1-2H3. The molecule has 0 N–H and O–H groups in total. The van der Waals surface area contributed by atoms with Crippen molar-refractivity contribution in [3.63, 3.8) is 0 Å². The van der Waals surface area contributed by atoms with Crippen LogP contribution in [0, 0.1) is 11.8 Å². The van der Waals surface area contributed by atoms with Gasteiger partial charge in [0, 0.05) is 24.2 Å². The number of piperidine rings is 1. The maximum absolute atomic E-state index is 13.0. The molecule has 25 heavy (non-hydrogen) atoms. The Morgan fingerprint density at radius 3 is 2.52 bits per heavy atom. The molecule has 1 aliphatic heterocycles. The summed E-state index contributed by atoms with van der Waals surface area (Å²) in [6.45, 7) is 6.09. The summed E-state index contributed by atoms with van der Waals surface area (Å²) in [7, 11) is 0. The van der Waals surface area contributed by atoms with Crippen LogP contribution < -0.4 is 0 Å². The number of carbonyl (C=O) groups excluding carboxylic acids is 1. The van der Waals surface area contributed by atoms with E-state index in [9.17, 15) is 4.79 Å². The van der Waals surface area contributed by atoms with Gasteiger partial charge in [0.1, 0.15) is 5.52 Å². The van der Waals surface area contributed by atoms with Crippen molar-refractivity contribution in [3.05, 3.63) is 54.1 Å². The third kappa shape index (κ3) is 3.04. The molecule has 0 bridgehead atoms. The minimum atomic E-state index is 0.0977. The number of benzene rings is 2. The summed E-state index contributed by atoms with van der Waals surface area (Å²) in [6, 6.07) is 15.5. The lowest BCUT2D eigenvalue weighted by Crippen LogP contribution is -2.42. The van der Waals surface area contributed by atoms with Crippen LogP contribution in [0.25, 0.3) is 22.2 Å². The number of fused-ring (bicyclic) bond motifs is 1. The fourth-order valence-electron chi connectivity index (χ4n) is 3.88. The topological polar surface area (TPSA) is 46.3 Å². The van der Waals surface area contributed by atoms with E-state index in [1.54, 1.807) is 0 Å². The Balaban J connectivity index is 1.70. The van der Waals surface area contributed by atoms with Gasteiger partial charge in [0.2, 0.25) is 0 Å². The van der Waals surface area contributed by atoms with Crippen molar-refractivity contribution in [2.45, 2.75) is 20.3 Å². The van der Waals surface area contributed by atoms with E-state index in [1.165, 1.54) is 6.42 Å². The molecule has 128 valence electrons. The summed E-state index contributed by atoms with van der Waals surface area (Å²) in [5.41, 5.74) is 2.44. The molecule has 1 fully saturated rings. The van der Waals surface area contributed by atoms with E-state index >= 15 is 0 Å². The largest absolute Gasteiger partial charge is 0.355 e. The fraction of sp³-hybridized carbons (Fsp3) is 0.333. The number of likely N-dealkylation sites (tertiary alicyclic amines) is 1. The molecule has 1 aromatic heterocycles. The zero-order valence-electron chi connectivity index (χ0n) is 14.6. The zero-order chi connectivity index (χ0) is 17.4. The predicted octanol–water partition coefficient (Wildman–Crippen LogP) is 4.61. The van der Waals surface area contributed by atoms with Gasteiger partial charge in [-0.05, 0) is 36.5 Å². The third-order valence-corrected chi connectivity index (χ3v) is 4.92. The van der Waals surface area contributed by atoms with E-state index in [-0.39, 0.29) is 5.91 Å².